The number of nitrogens with one attached hydrogen (secondary N) is 2. The Hall–Kier alpha value is -1.64. The van der Waals surface area contributed by atoms with E-state index in [1.54, 1.807) is 30.3 Å². The van der Waals surface area contributed by atoms with E-state index in [1.165, 1.54) is 0 Å². The minimum atomic E-state index is -3.59. The summed E-state index contributed by atoms with van der Waals surface area (Å²) >= 11 is 0. The van der Waals surface area contributed by atoms with E-state index in [9.17, 15) is 8.42 Å². The Balaban J connectivity index is 1.57. The summed E-state index contributed by atoms with van der Waals surface area (Å²) in [4.78, 5) is 6.57. The largest absolute Gasteiger partial charge is 0.377 e. The molecule has 2 aliphatic heterocycles. The molecule has 7 nitrogen and oxygen atoms in total. The van der Waals surface area contributed by atoms with Crippen LogP contribution in [-0.2, 0) is 14.8 Å². The average Bonchev–Trinajstić information content (AvgIpc) is 3.03. The van der Waals surface area contributed by atoms with Crippen molar-refractivity contribution in [3.8, 4) is 0 Å². The van der Waals surface area contributed by atoms with Gasteiger partial charge < -0.3 is 10.1 Å². The van der Waals surface area contributed by atoms with Crippen molar-refractivity contribution in [2.24, 2.45) is 4.99 Å². The fourth-order valence-corrected chi connectivity index (χ4v) is 3.54. The monoisotopic (exact) mass is 324 g/mol. The minimum absolute atomic E-state index is 0.223. The fourth-order valence-electron chi connectivity index (χ4n) is 2.52. The minimum Gasteiger partial charge on any atom is -0.377 e. The van der Waals surface area contributed by atoms with Crippen molar-refractivity contribution >= 4 is 16.0 Å². The summed E-state index contributed by atoms with van der Waals surface area (Å²) in [6, 6.07) is 8.26. The zero-order valence-electron chi connectivity index (χ0n) is 12.2. The molecule has 3 rings (SSSR count). The van der Waals surface area contributed by atoms with Crippen LogP contribution in [0.25, 0.3) is 0 Å². The number of rotatable bonds is 4. The molecule has 0 bridgehead atoms. The van der Waals surface area contributed by atoms with Crippen molar-refractivity contribution in [2.75, 3.05) is 26.5 Å². The van der Waals surface area contributed by atoms with Gasteiger partial charge in [0.25, 0.3) is 10.0 Å². The second-order valence-electron chi connectivity index (χ2n) is 5.39. The first kappa shape index (κ1) is 15.3. The van der Waals surface area contributed by atoms with Gasteiger partial charge in [-0.1, -0.05) is 18.2 Å². The lowest BCUT2D eigenvalue weighted by Gasteiger charge is -2.28. The van der Waals surface area contributed by atoms with E-state index in [1.807, 2.05) is 0 Å². The maximum atomic E-state index is 12.2. The van der Waals surface area contributed by atoms with Crippen molar-refractivity contribution in [3.63, 3.8) is 0 Å². The van der Waals surface area contributed by atoms with Crippen LogP contribution in [0.5, 0.6) is 0 Å². The molecule has 1 fully saturated rings. The van der Waals surface area contributed by atoms with Crippen molar-refractivity contribution in [2.45, 2.75) is 23.8 Å². The number of sulfonamides is 1. The van der Waals surface area contributed by atoms with Gasteiger partial charge in [0.2, 0.25) is 5.96 Å². The van der Waals surface area contributed by atoms with Gasteiger partial charge in [0.15, 0.2) is 0 Å². The molecule has 2 aliphatic rings. The number of ether oxygens (including phenoxy) is 1. The Morgan fingerprint density at radius 3 is 2.82 bits per heavy atom. The van der Waals surface area contributed by atoms with Crippen LogP contribution in [0.1, 0.15) is 12.8 Å². The van der Waals surface area contributed by atoms with E-state index in [4.69, 9.17) is 4.74 Å². The van der Waals surface area contributed by atoms with Crippen LogP contribution in [0.2, 0.25) is 0 Å². The molecule has 0 aromatic heterocycles. The molecule has 1 aromatic rings. The average molecular weight is 324 g/mol. The fraction of sp³-hybridized carbons (Fsp3) is 0.500. The van der Waals surface area contributed by atoms with Crippen molar-refractivity contribution < 1.29 is 13.2 Å². The molecule has 0 aliphatic carbocycles. The third kappa shape index (κ3) is 3.76. The molecular weight excluding hydrogens is 304 g/mol. The number of hydrogen-bond donors (Lipinski definition) is 2. The Labute approximate surface area is 130 Å². The number of guanidine groups is 1. The lowest BCUT2D eigenvalue weighted by atomic mass is 10.2. The Morgan fingerprint density at radius 2 is 2.18 bits per heavy atom. The van der Waals surface area contributed by atoms with Crippen LogP contribution in [0.3, 0.4) is 0 Å². The van der Waals surface area contributed by atoms with Gasteiger partial charge in [-0.15, -0.1) is 0 Å². The number of benzene rings is 1. The highest BCUT2D eigenvalue weighted by molar-refractivity contribution is 7.90. The number of aliphatic imine (C=N–C) groups is 1. The van der Waals surface area contributed by atoms with E-state index in [0.29, 0.717) is 13.3 Å². The molecule has 1 atom stereocenters. The van der Waals surface area contributed by atoms with E-state index in [2.05, 4.69) is 19.9 Å². The van der Waals surface area contributed by atoms with E-state index in [-0.39, 0.29) is 17.0 Å². The summed E-state index contributed by atoms with van der Waals surface area (Å²) in [5.41, 5.74) is 0. The molecule has 0 radical (unpaired) electrons. The first-order chi connectivity index (χ1) is 10.6. The zero-order valence-corrected chi connectivity index (χ0v) is 13.1. The van der Waals surface area contributed by atoms with E-state index < -0.39 is 10.0 Å². The third-order valence-corrected chi connectivity index (χ3v) is 5.02. The van der Waals surface area contributed by atoms with Gasteiger partial charge in [0.05, 0.1) is 24.3 Å². The first-order valence-electron chi connectivity index (χ1n) is 7.34. The van der Waals surface area contributed by atoms with Gasteiger partial charge in [-0.25, -0.2) is 18.1 Å². The van der Waals surface area contributed by atoms with Crippen LogP contribution in [-0.4, -0.2) is 51.9 Å². The van der Waals surface area contributed by atoms with Crippen LogP contribution in [0.15, 0.2) is 40.2 Å². The quantitative estimate of drug-likeness (QED) is 0.833. The Bertz CT molecular complexity index is 627. The predicted molar refractivity (Wildman–Crippen MR) is 82.7 cm³/mol. The normalized spacial score (nSPS) is 22.9. The molecule has 1 aromatic carbocycles. The van der Waals surface area contributed by atoms with Gasteiger partial charge in [-0.2, -0.15) is 0 Å². The number of nitrogens with zero attached hydrogens (tertiary/aromatic N) is 2. The Kier molecular flexibility index (Phi) is 4.60. The highest BCUT2D eigenvalue weighted by Gasteiger charge is 2.22. The van der Waals surface area contributed by atoms with Gasteiger partial charge in [0, 0.05) is 13.2 Å². The van der Waals surface area contributed by atoms with Gasteiger partial charge in [-0.3, -0.25) is 4.90 Å². The second-order valence-corrected chi connectivity index (χ2v) is 7.07. The first-order valence-corrected chi connectivity index (χ1v) is 8.82. The topological polar surface area (TPSA) is 83.0 Å². The molecule has 0 saturated carbocycles. The molecule has 2 N–H and O–H groups in total. The summed E-state index contributed by atoms with van der Waals surface area (Å²) < 4.78 is 32.5. The predicted octanol–water partition coefficient (Wildman–Crippen LogP) is 0.320. The smallest absolute Gasteiger partial charge is 0.264 e. The van der Waals surface area contributed by atoms with Gasteiger partial charge in [-0.05, 0) is 25.0 Å². The summed E-state index contributed by atoms with van der Waals surface area (Å²) in [5.74, 6) is 0.285. The summed E-state index contributed by atoms with van der Waals surface area (Å²) in [6.45, 7) is 2.65. The maximum Gasteiger partial charge on any atom is 0.264 e. The molecule has 0 spiro atoms. The van der Waals surface area contributed by atoms with Gasteiger partial charge in [0.1, 0.15) is 0 Å². The lowest BCUT2D eigenvalue weighted by Crippen LogP contribution is -2.51. The molecule has 0 amide bonds. The third-order valence-electron chi connectivity index (χ3n) is 3.67. The molecule has 2 heterocycles. The molecule has 1 unspecified atom stereocenters. The van der Waals surface area contributed by atoms with Crippen LogP contribution < -0.4 is 10.0 Å². The standard InChI is InChI=1S/C14H20N4O3S/c19-22(20,13-6-2-1-3-7-13)17-14-15-10-18(11-16-14)9-12-5-4-8-21-12/h1-3,6-7,12H,4-5,8-11H2,(H2,15,16,17). The molecule has 120 valence electrons. The summed E-state index contributed by atoms with van der Waals surface area (Å²) in [5, 5.41) is 3.00. The molecule has 8 heteroatoms. The molecule has 1 saturated heterocycles. The van der Waals surface area contributed by atoms with Gasteiger partial charge >= 0.3 is 0 Å². The lowest BCUT2D eigenvalue weighted by molar-refractivity contribution is 0.0714. The van der Waals surface area contributed by atoms with Crippen molar-refractivity contribution in [1.82, 2.24) is 14.9 Å². The van der Waals surface area contributed by atoms with E-state index >= 15 is 0 Å². The highest BCUT2D eigenvalue weighted by atomic mass is 32.2. The van der Waals surface area contributed by atoms with E-state index in [0.717, 1.165) is 26.0 Å². The maximum absolute atomic E-state index is 12.2. The highest BCUT2D eigenvalue weighted by Crippen LogP contribution is 2.13. The second kappa shape index (κ2) is 6.64. The molecule has 22 heavy (non-hydrogen) atoms. The van der Waals surface area contributed by atoms with Crippen LogP contribution in [0.4, 0.5) is 0 Å². The van der Waals surface area contributed by atoms with Crippen molar-refractivity contribution in [3.05, 3.63) is 30.3 Å². The summed E-state index contributed by atoms with van der Waals surface area (Å²) in [7, 11) is -3.59. The van der Waals surface area contributed by atoms with Crippen LogP contribution >= 0.6 is 0 Å². The zero-order chi connectivity index (χ0) is 15.4. The van der Waals surface area contributed by atoms with Crippen molar-refractivity contribution in [1.29, 1.82) is 0 Å². The van der Waals surface area contributed by atoms with Crippen LogP contribution in [0, 0.1) is 0 Å². The summed E-state index contributed by atoms with van der Waals surface area (Å²) in [6.07, 6.45) is 2.45. The molecular formula is C14H20N4O3S. The number of hydrogen-bond acceptors (Lipinski definition) is 6. The Morgan fingerprint density at radius 1 is 1.36 bits per heavy atom. The SMILES string of the molecule is O=S(=O)(NC1=NCN(CC2CCCO2)CN1)c1ccccc1.